The standard InChI is InChI=1S/C39H47N9O5S/c1-7-34(49)42-30-17-27(8-9-32(30)46-13-12-45(20-24(46)2)28-22-53-23-28)41-36-38(50)44(6)21-31(43-36)29-10-11-40-37(25(29)3)48-15-14-47-33-19-39(4,5)18-26(33)16-35(47)54(48,51)52/h7-11,16-17,21,24,28H,1,12-15,18-20,22-23H2,2-6H3,(H,41,43)(H,42,49). The van der Waals surface area contributed by atoms with Gasteiger partial charge in [-0.3, -0.25) is 14.5 Å². The van der Waals surface area contributed by atoms with Gasteiger partial charge >= 0.3 is 0 Å². The van der Waals surface area contributed by atoms with Crippen LogP contribution in [-0.2, 0) is 46.0 Å². The molecule has 3 aromatic heterocycles. The zero-order valence-corrected chi connectivity index (χ0v) is 32.2. The molecule has 3 aliphatic heterocycles. The van der Waals surface area contributed by atoms with Gasteiger partial charge < -0.3 is 29.4 Å². The topological polar surface area (TPSA) is 147 Å². The number of ether oxygens (including phenoxy) is 1. The van der Waals surface area contributed by atoms with Gasteiger partial charge in [-0.1, -0.05) is 20.4 Å². The smallest absolute Gasteiger partial charge is 0.293 e. The Bertz CT molecular complexity index is 2350. The summed E-state index contributed by atoms with van der Waals surface area (Å²) in [6.07, 6.45) is 6.14. The quantitative estimate of drug-likeness (QED) is 0.253. The fraction of sp³-hybridized carbons (Fsp3) is 0.436. The maximum Gasteiger partial charge on any atom is 0.293 e. The monoisotopic (exact) mass is 753 g/mol. The van der Waals surface area contributed by atoms with Crippen molar-refractivity contribution in [3.05, 3.63) is 82.6 Å². The average Bonchev–Trinajstić information content (AvgIpc) is 3.59. The molecule has 2 saturated heterocycles. The summed E-state index contributed by atoms with van der Waals surface area (Å²) in [4.78, 5) is 40.1. The summed E-state index contributed by atoms with van der Waals surface area (Å²) in [6.45, 7) is 16.9. The van der Waals surface area contributed by atoms with Crippen LogP contribution >= 0.6 is 0 Å². The minimum absolute atomic E-state index is 0.0760. The van der Waals surface area contributed by atoms with Gasteiger partial charge in [-0.15, -0.1) is 0 Å². The number of carbonyl (C=O) groups excluding carboxylic acids is 1. The van der Waals surface area contributed by atoms with E-state index in [0.29, 0.717) is 51.6 Å². The molecule has 1 aromatic carbocycles. The highest BCUT2D eigenvalue weighted by atomic mass is 32.2. The Hall–Kier alpha value is -4.99. The fourth-order valence-electron chi connectivity index (χ4n) is 8.38. The zero-order chi connectivity index (χ0) is 38.1. The van der Waals surface area contributed by atoms with Gasteiger partial charge in [0, 0.05) is 74.2 Å². The molecule has 1 amide bonds. The summed E-state index contributed by atoms with van der Waals surface area (Å²) in [5.41, 5.74) is 5.74. The van der Waals surface area contributed by atoms with Crippen LogP contribution in [0.25, 0.3) is 11.3 Å². The minimum atomic E-state index is -3.87. The Morgan fingerprint density at radius 3 is 2.61 bits per heavy atom. The van der Waals surface area contributed by atoms with Crippen LogP contribution in [0.5, 0.6) is 0 Å². The lowest BCUT2D eigenvalue weighted by molar-refractivity contribution is -0.111. The van der Waals surface area contributed by atoms with Crippen LogP contribution < -0.4 is 25.4 Å². The number of piperazine rings is 1. The maximum absolute atomic E-state index is 14.1. The molecular weight excluding hydrogens is 707 g/mol. The van der Waals surface area contributed by atoms with Crippen LogP contribution in [0, 0.1) is 12.3 Å². The second-order valence-corrected chi connectivity index (χ2v) is 17.5. The number of anilines is 5. The van der Waals surface area contributed by atoms with Gasteiger partial charge in [0.25, 0.3) is 15.6 Å². The van der Waals surface area contributed by atoms with Crippen molar-refractivity contribution in [3.8, 4) is 11.3 Å². The van der Waals surface area contributed by atoms with Gasteiger partial charge in [-0.2, -0.15) is 8.42 Å². The normalized spacial score (nSPS) is 20.6. The first-order chi connectivity index (χ1) is 25.7. The molecule has 0 radical (unpaired) electrons. The number of pyridine rings is 1. The Labute approximate surface area is 315 Å². The lowest BCUT2D eigenvalue weighted by atomic mass is 9.90. The number of amides is 1. The van der Waals surface area contributed by atoms with Gasteiger partial charge in [-0.05, 0) is 74.1 Å². The minimum Gasteiger partial charge on any atom is -0.378 e. The van der Waals surface area contributed by atoms with Crippen LogP contribution in [0.1, 0.15) is 37.6 Å². The molecular formula is C39H47N9O5S. The average molecular weight is 754 g/mol. The van der Waals surface area contributed by atoms with E-state index in [0.717, 1.165) is 62.6 Å². The largest absolute Gasteiger partial charge is 0.378 e. The van der Waals surface area contributed by atoms with E-state index in [1.165, 1.54) is 14.9 Å². The molecule has 14 nitrogen and oxygen atoms in total. The third-order valence-electron chi connectivity index (χ3n) is 11.2. The van der Waals surface area contributed by atoms with Crippen LogP contribution in [0.3, 0.4) is 0 Å². The number of aromatic nitrogens is 4. The summed E-state index contributed by atoms with van der Waals surface area (Å²) in [5.74, 6) is 0.0650. The number of hydrogen-bond donors (Lipinski definition) is 2. The molecule has 8 rings (SSSR count). The molecule has 1 atom stereocenters. The SMILES string of the molecule is C=CC(=O)Nc1cc(Nc2nc(-c3ccnc(N4CCn5c(cc6c5CC(C)(C)C6)S4(=O)=O)c3C)cn(C)c2=O)ccc1N1CCN(C2COC2)CC1C. The summed E-state index contributed by atoms with van der Waals surface area (Å²) < 4.78 is 38.4. The van der Waals surface area contributed by atoms with Crippen molar-refractivity contribution < 1.29 is 17.9 Å². The summed E-state index contributed by atoms with van der Waals surface area (Å²) in [6, 6.07) is 9.87. The van der Waals surface area contributed by atoms with Crippen LogP contribution in [0.2, 0.25) is 0 Å². The second-order valence-electron chi connectivity index (χ2n) is 15.7. The highest BCUT2D eigenvalue weighted by Crippen LogP contribution is 2.42. The number of carbonyl (C=O) groups is 1. The van der Waals surface area contributed by atoms with Crippen molar-refractivity contribution in [1.29, 1.82) is 0 Å². The van der Waals surface area contributed by atoms with Crippen molar-refractivity contribution in [2.45, 2.75) is 64.2 Å². The van der Waals surface area contributed by atoms with E-state index in [2.05, 4.69) is 52.8 Å². The third kappa shape index (κ3) is 6.27. The number of hydrogen-bond acceptors (Lipinski definition) is 10. The fourth-order valence-corrected chi connectivity index (χ4v) is 10.1. The molecule has 0 bridgehead atoms. The van der Waals surface area contributed by atoms with Crippen LogP contribution in [0.4, 0.5) is 28.7 Å². The van der Waals surface area contributed by atoms with Gasteiger partial charge in [0.05, 0.1) is 42.9 Å². The molecule has 1 aliphatic carbocycles. The molecule has 1 unspecified atom stereocenters. The van der Waals surface area contributed by atoms with Crippen LogP contribution in [0.15, 0.2) is 65.2 Å². The van der Waals surface area contributed by atoms with Crippen molar-refractivity contribution in [2.24, 2.45) is 12.5 Å². The Balaban J connectivity index is 1.08. The summed E-state index contributed by atoms with van der Waals surface area (Å²) >= 11 is 0. The highest BCUT2D eigenvalue weighted by molar-refractivity contribution is 7.92. The first kappa shape index (κ1) is 36.0. The number of fused-ring (bicyclic) bond motifs is 3. The van der Waals surface area contributed by atoms with Crippen LogP contribution in [-0.4, -0.2) is 89.8 Å². The number of sulfonamides is 1. The van der Waals surface area contributed by atoms with E-state index < -0.39 is 10.0 Å². The molecule has 4 aromatic rings. The molecule has 284 valence electrons. The molecule has 2 fully saturated rings. The molecule has 0 saturated carbocycles. The van der Waals surface area contributed by atoms with E-state index in [4.69, 9.17) is 9.72 Å². The molecule has 15 heteroatoms. The summed E-state index contributed by atoms with van der Waals surface area (Å²) in [5, 5.41) is 6.46. The predicted molar refractivity (Wildman–Crippen MR) is 209 cm³/mol. The lowest BCUT2D eigenvalue weighted by Gasteiger charge is -2.46. The van der Waals surface area contributed by atoms with Crippen molar-refractivity contribution in [3.63, 3.8) is 0 Å². The second kappa shape index (κ2) is 13.4. The lowest BCUT2D eigenvalue weighted by Crippen LogP contribution is -2.59. The third-order valence-corrected chi connectivity index (χ3v) is 13.0. The molecule has 4 aliphatic rings. The number of nitrogens with one attached hydrogen (secondary N) is 2. The van der Waals surface area contributed by atoms with E-state index in [1.54, 1.807) is 31.6 Å². The zero-order valence-electron chi connectivity index (χ0n) is 31.4. The van der Waals surface area contributed by atoms with E-state index in [9.17, 15) is 18.0 Å². The maximum atomic E-state index is 14.1. The highest BCUT2D eigenvalue weighted by Gasteiger charge is 2.41. The van der Waals surface area contributed by atoms with E-state index in [-0.39, 0.29) is 35.3 Å². The van der Waals surface area contributed by atoms with E-state index >= 15 is 0 Å². The van der Waals surface area contributed by atoms with Gasteiger partial charge in [0.15, 0.2) is 10.8 Å². The predicted octanol–water partition coefficient (Wildman–Crippen LogP) is 4.06. The first-order valence-electron chi connectivity index (χ1n) is 18.4. The van der Waals surface area contributed by atoms with Crippen molar-refractivity contribution in [2.75, 3.05) is 59.2 Å². The summed E-state index contributed by atoms with van der Waals surface area (Å²) in [7, 11) is -2.22. The van der Waals surface area contributed by atoms with E-state index in [1.807, 2.05) is 29.7 Å². The molecule has 6 heterocycles. The van der Waals surface area contributed by atoms with Gasteiger partial charge in [0.1, 0.15) is 5.82 Å². The molecule has 0 spiro atoms. The number of aryl methyl sites for hydroxylation is 1. The Morgan fingerprint density at radius 2 is 1.89 bits per heavy atom. The van der Waals surface area contributed by atoms with Gasteiger partial charge in [-0.25, -0.2) is 14.3 Å². The Kier molecular flexibility index (Phi) is 8.93. The van der Waals surface area contributed by atoms with Crippen molar-refractivity contribution in [1.82, 2.24) is 24.0 Å². The van der Waals surface area contributed by atoms with Gasteiger partial charge in [0.2, 0.25) is 5.91 Å². The number of rotatable bonds is 8. The first-order valence-corrected chi connectivity index (χ1v) is 19.9. The molecule has 54 heavy (non-hydrogen) atoms. The number of nitrogens with zero attached hydrogens (tertiary/aromatic N) is 7. The molecule has 2 N–H and O–H groups in total. The van der Waals surface area contributed by atoms with Crippen molar-refractivity contribution >= 4 is 44.6 Å². The number of benzene rings is 1. The Morgan fingerprint density at radius 1 is 1.09 bits per heavy atom.